The molecular weight excluding hydrogens is 452 g/mol. The smallest absolute Gasteiger partial charge is 0.226 e. The molecule has 6 heteroatoms. The summed E-state index contributed by atoms with van der Waals surface area (Å²) in [5.41, 5.74) is 2.37. The number of carbonyl (C=O) groups excluding carboxylic acids is 2. The second kappa shape index (κ2) is 10.9. The van der Waals surface area contributed by atoms with Crippen LogP contribution in [0, 0.1) is 11.8 Å². The van der Waals surface area contributed by atoms with E-state index in [1.54, 1.807) is 14.2 Å². The van der Waals surface area contributed by atoms with Crippen LogP contribution in [-0.4, -0.2) is 48.9 Å². The van der Waals surface area contributed by atoms with Gasteiger partial charge in [0.05, 0.1) is 26.3 Å². The molecule has 2 amide bonds. The molecule has 1 aliphatic carbocycles. The quantitative estimate of drug-likeness (QED) is 0.534. The Morgan fingerprint density at radius 1 is 0.611 bits per heavy atom. The summed E-state index contributed by atoms with van der Waals surface area (Å²) >= 11 is 0. The van der Waals surface area contributed by atoms with Crippen LogP contribution in [0.2, 0.25) is 0 Å². The van der Waals surface area contributed by atoms with Crippen molar-refractivity contribution in [2.75, 3.05) is 27.3 Å². The lowest BCUT2D eigenvalue weighted by Crippen LogP contribution is -2.41. The zero-order chi connectivity index (χ0) is 25.1. The molecule has 5 rings (SSSR count). The van der Waals surface area contributed by atoms with Gasteiger partial charge >= 0.3 is 0 Å². The van der Waals surface area contributed by atoms with Gasteiger partial charge in [-0.25, -0.2) is 0 Å². The van der Waals surface area contributed by atoms with E-state index in [4.69, 9.17) is 9.47 Å². The molecule has 0 radical (unpaired) electrons. The van der Waals surface area contributed by atoms with Gasteiger partial charge in [-0.05, 0) is 86.8 Å². The van der Waals surface area contributed by atoms with Gasteiger partial charge in [-0.3, -0.25) is 9.59 Å². The van der Waals surface area contributed by atoms with E-state index in [1.807, 2.05) is 24.3 Å². The third kappa shape index (κ3) is 4.95. The van der Waals surface area contributed by atoms with Crippen LogP contribution in [-0.2, 0) is 9.59 Å². The number of rotatable bonds is 6. The summed E-state index contributed by atoms with van der Waals surface area (Å²) in [4.78, 5) is 31.2. The number of ether oxygens (including phenoxy) is 2. The standard InChI is InChI=1S/C30H38N2O4/c1-35-25-15-11-21(12-16-25)27-5-3-19-31(27)29(33)23-7-9-24(10-8-23)30(34)32-20-4-6-28(32)22-13-17-26(36-2)18-14-22/h11-18,23-24,27-28H,3-10,19-20H2,1-2H3/t23?,24?,27-,28-/m0/s1. The van der Waals surface area contributed by atoms with Crippen molar-refractivity contribution in [2.24, 2.45) is 11.8 Å². The summed E-state index contributed by atoms with van der Waals surface area (Å²) in [5, 5.41) is 0. The first-order valence-electron chi connectivity index (χ1n) is 13.5. The van der Waals surface area contributed by atoms with Crippen molar-refractivity contribution < 1.29 is 19.1 Å². The zero-order valence-corrected chi connectivity index (χ0v) is 21.5. The average molecular weight is 491 g/mol. The van der Waals surface area contributed by atoms with Crippen LogP contribution in [0.25, 0.3) is 0 Å². The van der Waals surface area contributed by atoms with Crippen LogP contribution < -0.4 is 9.47 Å². The SMILES string of the molecule is COc1ccc([C@@H]2CCCN2C(=O)C2CCC(C(=O)N3CCC[C@H]3c3ccc(OC)cc3)CC2)cc1. The molecule has 0 aromatic heterocycles. The van der Waals surface area contributed by atoms with E-state index in [-0.39, 0.29) is 35.7 Å². The molecule has 2 aliphatic heterocycles. The summed E-state index contributed by atoms with van der Waals surface area (Å²) in [5.74, 6) is 2.29. The Bertz CT molecular complexity index is 958. The monoisotopic (exact) mass is 490 g/mol. The van der Waals surface area contributed by atoms with Gasteiger partial charge in [-0.2, -0.15) is 0 Å². The Morgan fingerprint density at radius 3 is 1.31 bits per heavy atom. The zero-order valence-electron chi connectivity index (χ0n) is 21.5. The van der Waals surface area contributed by atoms with Crippen molar-refractivity contribution in [3.8, 4) is 11.5 Å². The molecule has 6 nitrogen and oxygen atoms in total. The molecule has 0 N–H and O–H groups in total. The molecule has 0 bridgehead atoms. The lowest BCUT2D eigenvalue weighted by molar-refractivity contribution is -0.142. The number of amides is 2. The fourth-order valence-corrected chi connectivity index (χ4v) is 6.46. The Labute approximate surface area is 214 Å². The van der Waals surface area contributed by atoms with E-state index < -0.39 is 0 Å². The summed E-state index contributed by atoms with van der Waals surface area (Å²) in [6.45, 7) is 1.65. The lowest BCUT2D eigenvalue weighted by Gasteiger charge is -2.35. The molecule has 0 unspecified atom stereocenters. The van der Waals surface area contributed by atoms with Crippen LogP contribution in [0.4, 0.5) is 0 Å². The van der Waals surface area contributed by atoms with Gasteiger partial charge in [-0.1, -0.05) is 24.3 Å². The van der Waals surface area contributed by atoms with E-state index in [0.29, 0.717) is 0 Å². The summed E-state index contributed by atoms with van der Waals surface area (Å²) in [6.07, 6.45) is 7.33. The van der Waals surface area contributed by atoms with Crippen LogP contribution in [0.5, 0.6) is 11.5 Å². The summed E-state index contributed by atoms with van der Waals surface area (Å²) < 4.78 is 10.6. The van der Waals surface area contributed by atoms with Gasteiger partial charge in [0.2, 0.25) is 11.8 Å². The second-order valence-corrected chi connectivity index (χ2v) is 10.5. The normalized spacial score (nSPS) is 26.2. The highest BCUT2D eigenvalue weighted by atomic mass is 16.5. The minimum absolute atomic E-state index is 0.0314. The Hall–Kier alpha value is -3.02. The first kappa shape index (κ1) is 24.7. The number of nitrogens with zero attached hydrogens (tertiary/aromatic N) is 2. The molecule has 2 aromatic rings. The number of hydrogen-bond acceptors (Lipinski definition) is 4. The van der Waals surface area contributed by atoms with Crippen molar-refractivity contribution in [1.29, 1.82) is 0 Å². The van der Waals surface area contributed by atoms with E-state index in [1.165, 1.54) is 11.1 Å². The highest BCUT2D eigenvalue weighted by molar-refractivity contribution is 5.82. The maximum Gasteiger partial charge on any atom is 0.226 e. The third-order valence-corrected chi connectivity index (χ3v) is 8.50. The fraction of sp³-hybridized carbons (Fsp3) is 0.533. The molecule has 3 fully saturated rings. The maximum absolute atomic E-state index is 13.5. The van der Waals surface area contributed by atoms with Gasteiger partial charge in [0.25, 0.3) is 0 Å². The van der Waals surface area contributed by atoms with E-state index in [0.717, 1.165) is 76.0 Å². The Balaban J connectivity index is 1.18. The number of likely N-dealkylation sites (tertiary alicyclic amines) is 2. The number of benzene rings is 2. The van der Waals surface area contributed by atoms with Crippen molar-refractivity contribution in [1.82, 2.24) is 9.80 Å². The first-order valence-corrected chi connectivity index (χ1v) is 13.5. The van der Waals surface area contributed by atoms with Crippen LogP contribution >= 0.6 is 0 Å². The van der Waals surface area contributed by atoms with Crippen molar-refractivity contribution in [3.05, 3.63) is 59.7 Å². The van der Waals surface area contributed by atoms with Crippen molar-refractivity contribution >= 4 is 11.8 Å². The minimum Gasteiger partial charge on any atom is -0.497 e. The lowest BCUT2D eigenvalue weighted by atomic mass is 9.80. The number of carbonyl (C=O) groups is 2. The number of methoxy groups -OCH3 is 2. The van der Waals surface area contributed by atoms with Crippen LogP contribution in [0.1, 0.15) is 74.6 Å². The average Bonchev–Trinajstić information content (AvgIpc) is 3.63. The van der Waals surface area contributed by atoms with Crippen molar-refractivity contribution in [3.63, 3.8) is 0 Å². The molecule has 2 saturated heterocycles. The molecule has 2 atom stereocenters. The fourth-order valence-electron chi connectivity index (χ4n) is 6.46. The topological polar surface area (TPSA) is 59.1 Å². The van der Waals surface area contributed by atoms with Crippen LogP contribution in [0.15, 0.2) is 48.5 Å². The predicted octanol–water partition coefficient (Wildman–Crippen LogP) is 5.54. The second-order valence-electron chi connectivity index (χ2n) is 10.5. The van der Waals surface area contributed by atoms with Gasteiger partial charge in [0.15, 0.2) is 0 Å². The molecule has 36 heavy (non-hydrogen) atoms. The minimum atomic E-state index is 0.0314. The first-order chi connectivity index (χ1) is 17.6. The predicted molar refractivity (Wildman–Crippen MR) is 139 cm³/mol. The Kier molecular flexibility index (Phi) is 7.49. The molecule has 0 spiro atoms. The van der Waals surface area contributed by atoms with Crippen LogP contribution in [0.3, 0.4) is 0 Å². The van der Waals surface area contributed by atoms with E-state index in [2.05, 4.69) is 34.1 Å². The molecule has 192 valence electrons. The van der Waals surface area contributed by atoms with Crippen molar-refractivity contribution in [2.45, 2.75) is 63.5 Å². The summed E-state index contributed by atoms with van der Waals surface area (Å²) in [6, 6.07) is 16.5. The van der Waals surface area contributed by atoms with E-state index >= 15 is 0 Å². The Morgan fingerprint density at radius 2 is 0.972 bits per heavy atom. The highest BCUT2D eigenvalue weighted by Gasteiger charge is 2.39. The van der Waals surface area contributed by atoms with Gasteiger partial charge in [-0.15, -0.1) is 0 Å². The third-order valence-electron chi connectivity index (χ3n) is 8.50. The molecule has 1 saturated carbocycles. The molecule has 3 aliphatic rings. The molecular formula is C30H38N2O4. The van der Waals surface area contributed by atoms with Gasteiger partial charge in [0, 0.05) is 24.9 Å². The van der Waals surface area contributed by atoms with Gasteiger partial charge < -0.3 is 19.3 Å². The molecule has 2 heterocycles. The number of hydrogen-bond donors (Lipinski definition) is 0. The highest BCUT2D eigenvalue weighted by Crippen LogP contribution is 2.40. The largest absolute Gasteiger partial charge is 0.497 e. The van der Waals surface area contributed by atoms with E-state index in [9.17, 15) is 9.59 Å². The molecule has 2 aromatic carbocycles. The summed E-state index contributed by atoms with van der Waals surface area (Å²) in [7, 11) is 3.34. The van der Waals surface area contributed by atoms with Gasteiger partial charge in [0.1, 0.15) is 11.5 Å². The maximum atomic E-state index is 13.5.